The molecule has 4 atom stereocenters. The van der Waals surface area contributed by atoms with Crippen LogP contribution in [0.2, 0.25) is 0 Å². The molecule has 0 aromatic carbocycles. The first kappa shape index (κ1) is 13.4. The molecule has 21 heavy (non-hydrogen) atoms. The van der Waals surface area contributed by atoms with Gasteiger partial charge in [0.15, 0.2) is 0 Å². The highest BCUT2D eigenvalue weighted by molar-refractivity contribution is 5.77. The number of hydrogen-bond donors (Lipinski definition) is 1. The molecule has 1 heterocycles. The van der Waals surface area contributed by atoms with Crippen LogP contribution in [0.5, 0.6) is 0 Å². The third-order valence-electron chi connectivity index (χ3n) is 6.78. The molecule has 1 saturated heterocycles. The zero-order valence-electron chi connectivity index (χ0n) is 13.1. The van der Waals surface area contributed by atoms with Crippen LogP contribution in [0.1, 0.15) is 46.0 Å². The summed E-state index contributed by atoms with van der Waals surface area (Å²) < 4.78 is 0. The molecule has 1 aliphatic heterocycles. The number of rotatable bonds is 0. The predicted octanol–water partition coefficient (Wildman–Crippen LogP) is 3.76. The van der Waals surface area contributed by atoms with E-state index in [-0.39, 0.29) is 11.3 Å². The molecule has 1 amide bonds. The molecular weight excluding hydrogens is 258 g/mol. The normalized spacial score (nSPS) is 44.8. The maximum absolute atomic E-state index is 11.8. The van der Waals surface area contributed by atoms with Gasteiger partial charge in [-0.1, -0.05) is 43.7 Å². The van der Waals surface area contributed by atoms with Gasteiger partial charge >= 0.3 is 0 Å². The van der Waals surface area contributed by atoms with Gasteiger partial charge in [-0.3, -0.25) is 4.79 Å². The molecule has 1 N–H and O–H groups in total. The van der Waals surface area contributed by atoms with Crippen LogP contribution in [-0.2, 0) is 4.79 Å². The molecule has 2 nitrogen and oxygen atoms in total. The molecule has 0 aromatic rings. The summed E-state index contributed by atoms with van der Waals surface area (Å²) in [4.78, 5) is 11.8. The molecule has 4 rings (SSSR count). The Morgan fingerprint density at radius 3 is 3.00 bits per heavy atom. The van der Waals surface area contributed by atoms with E-state index in [1.54, 1.807) is 5.57 Å². The van der Waals surface area contributed by atoms with Crippen LogP contribution in [0.3, 0.4) is 0 Å². The number of fused-ring (bicyclic) bond motifs is 5. The number of hydrogen-bond acceptors (Lipinski definition) is 1. The minimum Gasteiger partial charge on any atom is -0.352 e. The van der Waals surface area contributed by atoms with Gasteiger partial charge in [0.05, 0.1) is 0 Å². The molecule has 0 aromatic heterocycles. The topological polar surface area (TPSA) is 29.1 Å². The second-order valence-corrected chi connectivity index (χ2v) is 7.81. The fourth-order valence-electron chi connectivity index (χ4n) is 5.37. The molecule has 0 spiro atoms. The highest BCUT2D eigenvalue weighted by Gasteiger charge is 2.51. The quantitative estimate of drug-likeness (QED) is 0.674. The van der Waals surface area contributed by atoms with Crippen molar-refractivity contribution >= 4 is 5.91 Å². The Balaban J connectivity index is 1.73. The van der Waals surface area contributed by atoms with Gasteiger partial charge in [0.1, 0.15) is 0 Å². The van der Waals surface area contributed by atoms with Crippen molar-refractivity contribution in [3.8, 4) is 0 Å². The first-order valence-corrected chi connectivity index (χ1v) is 8.39. The minimum atomic E-state index is 0.215. The number of carbonyl (C=O) groups excluding carboxylic acids is 1. The van der Waals surface area contributed by atoms with Gasteiger partial charge in [-0.15, -0.1) is 0 Å². The lowest BCUT2D eigenvalue weighted by Crippen LogP contribution is -2.44. The maximum atomic E-state index is 11.8. The second-order valence-electron chi connectivity index (χ2n) is 7.81. The van der Waals surface area contributed by atoms with E-state index in [2.05, 4.69) is 43.5 Å². The zero-order valence-corrected chi connectivity index (χ0v) is 13.1. The SMILES string of the molecule is CC12C=CC=C1C1CC=C3CNC(=O)CCC3(C)[C@H]1CC2. The van der Waals surface area contributed by atoms with Crippen LogP contribution in [0.15, 0.2) is 35.5 Å². The molecule has 2 heteroatoms. The Kier molecular flexibility index (Phi) is 2.76. The van der Waals surface area contributed by atoms with Crippen molar-refractivity contribution < 1.29 is 4.79 Å². The Hall–Kier alpha value is -1.31. The fraction of sp³-hybridized carbons (Fsp3) is 0.632. The summed E-state index contributed by atoms with van der Waals surface area (Å²) in [6.07, 6.45) is 14.9. The molecule has 0 radical (unpaired) electrons. The van der Waals surface area contributed by atoms with Gasteiger partial charge in [-0.2, -0.15) is 0 Å². The summed E-state index contributed by atoms with van der Waals surface area (Å²) in [5.74, 6) is 1.62. The Bertz CT molecular complexity index is 584. The largest absolute Gasteiger partial charge is 0.352 e. The third kappa shape index (κ3) is 1.81. The molecule has 0 bridgehead atoms. The molecular formula is C19H25NO. The van der Waals surface area contributed by atoms with Crippen molar-refractivity contribution in [1.29, 1.82) is 0 Å². The van der Waals surface area contributed by atoms with Crippen molar-refractivity contribution in [2.45, 2.75) is 46.0 Å². The van der Waals surface area contributed by atoms with Gasteiger partial charge < -0.3 is 5.32 Å². The molecule has 1 saturated carbocycles. The Morgan fingerprint density at radius 2 is 2.14 bits per heavy atom. The van der Waals surface area contributed by atoms with E-state index in [0.29, 0.717) is 23.7 Å². The molecule has 3 unspecified atom stereocenters. The molecule has 4 aliphatic rings. The number of amides is 1. The smallest absolute Gasteiger partial charge is 0.220 e. The summed E-state index contributed by atoms with van der Waals surface area (Å²) in [6, 6.07) is 0. The van der Waals surface area contributed by atoms with Gasteiger partial charge in [0.25, 0.3) is 0 Å². The Morgan fingerprint density at radius 1 is 1.29 bits per heavy atom. The first-order valence-electron chi connectivity index (χ1n) is 8.39. The summed E-state index contributed by atoms with van der Waals surface area (Å²) >= 11 is 0. The minimum absolute atomic E-state index is 0.215. The summed E-state index contributed by atoms with van der Waals surface area (Å²) in [7, 11) is 0. The van der Waals surface area contributed by atoms with Crippen molar-refractivity contribution in [2.24, 2.45) is 22.7 Å². The first-order chi connectivity index (χ1) is 10.0. The lowest BCUT2D eigenvalue weighted by atomic mass is 9.51. The monoisotopic (exact) mass is 283 g/mol. The van der Waals surface area contributed by atoms with Crippen molar-refractivity contribution in [3.05, 3.63) is 35.5 Å². The standard InChI is InChI=1S/C19H25NO/c1-18-9-3-4-15(18)14-6-5-13-12-20-17(21)8-11-19(13,2)16(14)7-10-18/h3-5,9,14,16H,6-8,10-12H2,1-2H3,(H,20,21)/t14?,16-,18?,19?/m0/s1. The fourth-order valence-corrected chi connectivity index (χ4v) is 5.37. The van der Waals surface area contributed by atoms with E-state index in [4.69, 9.17) is 0 Å². The highest BCUT2D eigenvalue weighted by Crippen LogP contribution is 2.60. The van der Waals surface area contributed by atoms with Crippen LogP contribution in [-0.4, -0.2) is 12.5 Å². The third-order valence-corrected chi connectivity index (χ3v) is 6.78. The lowest BCUT2D eigenvalue weighted by Gasteiger charge is -2.53. The van der Waals surface area contributed by atoms with E-state index >= 15 is 0 Å². The van der Waals surface area contributed by atoms with Crippen molar-refractivity contribution in [1.82, 2.24) is 5.32 Å². The molecule has 112 valence electrons. The van der Waals surface area contributed by atoms with Crippen LogP contribution in [0, 0.1) is 22.7 Å². The van der Waals surface area contributed by atoms with Crippen molar-refractivity contribution in [3.63, 3.8) is 0 Å². The lowest BCUT2D eigenvalue weighted by molar-refractivity contribution is -0.121. The molecule has 3 aliphatic carbocycles. The van der Waals surface area contributed by atoms with Gasteiger partial charge in [0, 0.05) is 18.4 Å². The van der Waals surface area contributed by atoms with E-state index in [1.807, 2.05) is 0 Å². The zero-order chi connectivity index (χ0) is 14.7. The van der Waals surface area contributed by atoms with Crippen molar-refractivity contribution in [2.75, 3.05) is 6.54 Å². The van der Waals surface area contributed by atoms with Gasteiger partial charge in [-0.25, -0.2) is 0 Å². The van der Waals surface area contributed by atoms with Gasteiger partial charge in [-0.05, 0) is 48.5 Å². The average Bonchev–Trinajstić information content (AvgIpc) is 2.79. The van der Waals surface area contributed by atoms with Crippen LogP contribution >= 0.6 is 0 Å². The van der Waals surface area contributed by atoms with Gasteiger partial charge in [0.2, 0.25) is 5.91 Å². The number of carbonyl (C=O) groups is 1. The summed E-state index contributed by atoms with van der Waals surface area (Å²) in [5.41, 5.74) is 3.66. The highest BCUT2D eigenvalue weighted by atomic mass is 16.1. The molecule has 2 fully saturated rings. The average molecular weight is 283 g/mol. The Labute approximate surface area is 127 Å². The van der Waals surface area contributed by atoms with E-state index in [0.717, 1.165) is 19.4 Å². The predicted molar refractivity (Wildman–Crippen MR) is 84.6 cm³/mol. The summed E-state index contributed by atoms with van der Waals surface area (Å²) in [5, 5.41) is 3.08. The van der Waals surface area contributed by atoms with Crippen LogP contribution < -0.4 is 5.32 Å². The van der Waals surface area contributed by atoms with Crippen LogP contribution in [0.4, 0.5) is 0 Å². The van der Waals surface area contributed by atoms with E-state index < -0.39 is 0 Å². The van der Waals surface area contributed by atoms with E-state index in [9.17, 15) is 4.79 Å². The number of nitrogens with one attached hydrogen (secondary N) is 1. The second kappa shape index (κ2) is 4.34. The van der Waals surface area contributed by atoms with E-state index in [1.165, 1.54) is 18.4 Å². The number of allylic oxidation sites excluding steroid dienone is 5. The summed E-state index contributed by atoms with van der Waals surface area (Å²) in [6.45, 7) is 5.59. The van der Waals surface area contributed by atoms with Crippen LogP contribution in [0.25, 0.3) is 0 Å². The maximum Gasteiger partial charge on any atom is 0.220 e.